The number of ether oxygens (including phenoxy) is 1. The first kappa shape index (κ1) is 16.6. The highest BCUT2D eigenvalue weighted by Gasteiger charge is 2.39. The summed E-state index contributed by atoms with van der Waals surface area (Å²) in [5, 5.41) is 9.22. The fourth-order valence-corrected chi connectivity index (χ4v) is 3.51. The maximum atomic E-state index is 12.5. The molecule has 2 aromatic carbocycles. The predicted molar refractivity (Wildman–Crippen MR) is 98.6 cm³/mol. The van der Waals surface area contributed by atoms with Crippen molar-refractivity contribution < 1.29 is 9.53 Å². The average Bonchev–Trinajstić information content (AvgIpc) is 3.24. The number of aromatic nitrogens is 3. The first-order valence-corrected chi connectivity index (χ1v) is 9.07. The second kappa shape index (κ2) is 7.15. The minimum absolute atomic E-state index is 0.0180. The third-order valence-corrected chi connectivity index (χ3v) is 4.75. The number of carbonyl (C=O) groups is 1. The van der Waals surface area contributed by atoms with E-state index in [0.717, 1.165) is 30.3 Å². The molecule has 1 fully saturated rings. The molecule has 0 bridgehead atoms. The van der Waals surface area contributed by atoms with Crippen LogP contribution >= 0.6 is 0 Å². The van der Waals surface area contributed by atoms with Gasteiger partial charge in [0, 0.05) is 0 Å². The predicted octanol–water partition coefficient (Wildman–Crippen LogP) is 3.79. The van der Waals surface area contributed by atoms with Gasteiger partial charge in [-0.3, -0.25) is 4.90 Å². The Labute approximate surface area is 152 Å². The lowest BCUT2D eigenvalue weighted by Gasteiger charge is -2.29. The molecule has 1 aliphatic rings. The van der Waals surface area contributed by atoms with Gasteiger partial charge < -0.3 is 4.74 Å². The molecule has 134 valence electrons. The lowest BCUT2D eigenvalue weighted by molar-refractivity contribution is 0.104. The Kier molecular flexibility index (Phi) is 4.56. The van der Waals surface area contributed by atoms with Gasteiger partial charge in [-0.15, -0.1) is 0 Å². The number of carbonyl (C=O) groups excluding carboxylic acids is 1. The highest BCUT2D eigenvalue weighted by Crippen LogP contribution is 2.28. The van der Waals surface area contributed by atoms with Crippen LogP contribution in [0.5, 0.6) is 0 Å². The highest BCUT2D eigenvalue weighted by molar-refractivity contribution is 5.73. The number of hydrogen-bond acceptors (Lipinski definition) is 4. The highest BCUT2D eigenvalue weighted by atomic mass is 16.6. The van der Waals surface area contributed by atoms with Crippen molar-refractivity contribution in [2.45, 2.75) is 38.4 Å². The van der Waals surface area contributed by atoms with Gasteiger partial charge in [-0.25, -0.2) is 4.79 Å². The molecule has 0 N–H and O–H groups in total. The molecule has 2 atom stereocenters. The van der Waals surface area contributed by atoms with Crippen LogP contribution in [0.2, 0.25) is 0 Å². The summed E-state index contributed by atoms with van der Waals surface area (Å²) in [5.74, 6) is 0. The zero-order valence-electron chi connectivity index (χ0n) is 14.8. The molecule has 2 heterocycles. The third kappa shape index (κ3) is 3.14. The van der Waals surface area contributed by atoms with Crippen molar-refractivity contribution >= 4 is 17.1 Å². The Hall–Kier alpha value is -2.89. The van der Waals surface area contributed by atoms with E-state index in [1.54, 1.807) is 4.80 Å². The first-order chi connectivity index (χ1) is 12.8. The fourth-order valence-electron chi connectivity index (χ4n) is 3.51. The first-order valence-electron chi connectivity index (χ1n) is 9.07. The van der Waals surface area contributed by atoms with Crippen molar-refractivity contribution in [1.82, 2.24) is 19.9 Å². The number of hydrogen-bond donors (Lipinski definition) is 0. The van der Waals surface area contributed by atoms with E-state index in [1.165, 1.54) is 5.56 Å². The van der Waals surface area contributed by atoms with Crippen LogP contribution in [0.4, 0.5) is 4.79 Å². The van der Waals surface area contributed by atoms with Gasteiger partial charge in [-0.2, -0.15) is 15.0 Å². The van der Waals surface area contributed by atoms with Gasteiger partial charge in [0.25, 0.3) is 0 Å². The summed E-state index contributed by atoms with van der Waals surface area (Å²) in [6.07, 6.45) is 1.93. The quantitative estimate of drug-likeness (QED) is 0.678. The largest absolute Gasteiger partial charge is 0.447 e. The van der Waals surface area contributed by atoms with E-state index >= 15 is 0 Å². The number of rotatable bonds is 6. The molecule has 0 aliphatic carbocycles. The molecular formula is C20H22N4O2. The molecule has 6 heteroatoms. The summed E-state index contributed by atoms with van der Waals surface area (Å²) in [4.78, 5) is 16.0. The zero-order chi connectivity index (χ0) is 17.9. The van der Waals surface area contributed by atoms with Gasteiger partial charge >= 0.3 is 6.09 Å². The lowest BCUT2D eigenvalue weighted by atomic mass is 10.1. The Balaban J connectivity index is 1.65. The summed E-state index contributed by atoms with van der Waals surface area (Å²) in [6, 6.07) is 17.9. The van der Waals surface area contributed by atoms with Gasteiger partial charge in [0.2, 0.25) is 0 Å². The molecule has 1 unspecified atom stereocenters. The summed E-state index contributed by atoms with van der Waals surface area (Å²) in [7, 11) is 0. The Morgan fingerprint density at radius 1 is 1.08 bits per heavy atom. The number of nitrogens with zero attached hydrogens (tertiary/aromatic N) is 4. The fraction of sp³-hybridized carbons (Fsp3) is 0.350. The summed E-state index contributed by atoms with van der Waals surface area (Å²) >= 11 is 0. The van der Waals surface area contributed by atoms with Crippen LogP contribution in [0.3, 0.4) is 0 Å². The van der Waals surface area contributed by atoms with Crippen molar-refractivity contribution in [1.29, 1.82) is 0 Å². The van der Waals surface area contributed by atoms with Crippen LogP contribution < -0.4 is 0 Å². The molecule has 6 nitrogen and oxygen atoms in total. The van der Waals surface area contributed by atoms with Crippen LogP contribution in [0.25, 0.3) is 11.0 Å². The van der Waals surface area contributed by atoms with E-state index in [-0.39, 0.29) is 18.3 Å². The van der Waals surface area contributed by atoms with Crippen molar-refractivity contribution in [2.75, 3.05) is 6.61 Å². The van der Waals surface area contributed by atoms with Gasteiger partial charge in [0.1, 0.15) is 23.8 Å². The van der Waals surface area contributed by atoms with Gasteiger partial charge in [0.05, 0.1) is 6.04 Å². The van der Waals surface area contributed by atoms with Crippen LogP contribution in [-0.2, 0) is 11.2 Å². The second-order valence-electron chi connectivity index (χ2n) is 6.61. The van der Waals surface area contributed by atoms with E-state index in [9.17, 15) is 4.79 Å². The van der Waals surface area contributed by atoms with E-state index in [4.69, 9.17) is 4.74 Å². The van der Waals surface area contributed by atoms with Gasteiger partial charge in [0.15, 0.2) is 0 Å². The molecule has 1 aliphatic heterocycles. The van der Waals surface area contributed by atoms with Crippen LogP contribution in [0.15, 0.2) is 54.6 Å². The number of cyclic esters (lactones) is 1. The molecule has 0 radical (unpaired) electrons. The number of amides is 1. The molecule has 0 spiro atoms. The molecule has 26 heavy (non-hydrogen) atoms. The van der Waals surface area contributed by atoms with Crippen LogP contribution in [0.1, 0.15) is 31.5 Å². The normalized spacial score (nSPS) is 18.3. The zero-order valence-corrected chi connectivity index (χ0v) is 14.8. The summed E-state index contributed by atoms with van der Waals surface area (Å²) in [5.41, 5.74) is 2.86. The molecule has 4 rings (SSSR count). The van der Waals surface area contributed by atoms with E-state index < -0.39 is 0 Å². The SMILES string of the molecule is CCCC(N1C(=O)OC[C@@H]1Cc1ccccc1)n1nc2ccccc2n1. The average molecular weight is 350 g/mol. The summed E-state index contributed by atoms with van der Waals surface area (Å²) in [6.45, 7) is 2.50. The number of benzene rings is 2. The molecule has 1 aromatic heterocycles. The van der Waals surface area contributed by atoms with E-state index in [1.807, 2.05) is 47.4 Å². The summed E-state index contributed by atoms with van der Waals surface area (Å²) < 4.78 is 5.39. The topological polar surface area (TPSA) is 60.2 Å². The lowest BCUT2D eigenvalue weighted by Crippen LogP contribution is -2.41. The van der Waals surface area contributed by atoms with Gasteiger partial charge in [-0.05, 0) is 30.5 Å². The minimum atomic E-state index is -0.286. The maximum absolute atomic E-state index is 12.5. The van der Waals surface area contributed by atoms with Crippen molar-refractivity contribution in [3.63, 3.8) is 0 Å². The Morgan fingerprint density at radius 3 is 2.38 bits per heavy atom. The minimum Gasteiger partial charge on any atom is -0.447 e. The molecular weight excluding hydrogens is 328 g/mol. The van der Waals surface area contributed by atoms with Gasteiger partial charge in [-0.1, -0.05) is 55.8 Å². The molecule has 3 aromatic rings. The number of fused-ring (bicyclic) bond motifs is 1. The van der Waals surface area contributed by atoms with Crippen molar-refractivity contribution in [2.24, 2.45) is 0 Å². The molecule has 0 saturated carbocycles. The van der Waals surface area contributed by atoms with Crippen LogP contribution in [-0.4, -0.2) is 38.6 Å². The Bertz CT molecular complexity index is 860. The maximum Gasteiger partial charge on any atom is 0.412 e. The van der Waals surface area contributed by atoms with Crippen LogP contribution in [0, 0.1) is 0 Å². The second-order valence-corrected chi connectivity index (χ2v) is 6.61. The third-order valence-electron chi connectivity index (χ3n) is 4.75. The van der Waals surface area contributed by atoms with Crippen molar-refractivity contribution in [3.8, 4) is 0 Å². The smallest absolute Gasteiger partial charge is 0.412 e. The monoisotopic (exact) mass is 350 g/mol. The van der Waals surface area contributed by atoms with Crippen molar-refractivity contribution in [3.05, 3.63) is 60.2 Å². The molecule has 1 amide bonds. The Morgan fingerprint density at radius 2 is 1.73 bits per heavy atom. The van der Waals surface area contributed by atoms with E-state index in [0.29, 0.717) is 6.61 Å². The van der Waals surface area contributed by atoms with E-state index in [2.05, 4.69) is 29.3 Å². The molecule has 1 saturated heterocycles. The standard InChI is InChI=1S/C20H22N4O2/c1-2-8-19(24-21-17-11-6-7-12-18(17)22-24)23-16(14-26-20(23)25)13-15-9-4-3-5-10-15/h3-7,9-12,16,19H,2,8,13-14H2,1H3/t16-,19?/m0/s1.